The maximum atomic E-state index is 12.4. The molecule has 3 rings (SSSR count). The van der Waals surface area contributed by atoms with Gasteiger partial charge < -0.3 is 9.64 Å². The van der Waals surface area contributed by atoms with E-state index in [1.54, 1.807) is 0 Å². The number of rotatable bonds is 7. The van der Waals surface area contributed by atoms with E-state index < -0.39 is 0 Å². The van der Waals surface area contributed by atoms with Gasteiger partial charge in [0, 0.05) is 23.1 Å². The van der Waals surface area contributed by atoms with Crippen molar-refractivity contribution >= 4 is 17.6 Å². The standard InChI is InChI=1S/C21H31ClN2O2/c1-4-19(21(25)26-5-2)23-20(14-6-8-16(22)9-7-14)15-12-17-10-11-18(13-15)24(17)3/h6-9,15,17-20,23H,4-5,10-13H2,1-3H3/t15?,17-,18+,19-,20-/m1/s1. The summed E-state index contributed by atoms with van der Waals surface area (Å²) in [4.78, 5) is 14.9. The molecule has 2 fully saturated rings. The molecule has 2 heterocycles. The van der Waals surface area contributed by atoms with Crippen molar-refractivity contribution < 1.29 is 9.53 Å². The zero-order valence-corrected chi connectivity index (χ0v) is 16.8. The van der Waals surface area contributed by atoms with Gasteiger partial charge in [0.25, 0.3) is 0 Å². The molecule has 1 aromatic rings. The predicted molar refractivity (Wildman–Crippen MR) is 105 cm³/mol. The molecule has 0 amide bonds. The third-order valence-electron chi connectivity index (χ3n) is 6.20. The molecule has 2 aliphatic heterocycles. The van der Waals surface area contributed by atoms with E-state index in [9.17, 15) is 4.79 Å². The molecule has 1 N–H and O–H groups in total. The Bertz CT molecular complexity index is 593. The van der Waals surface area contributed by atoms with E-state index in [1.165, 1.54) is 31.2 Å². The van der Waals surface area contributed by atoms with E-state index in [-0.39, 0.29) is 18.1 Å². The first-order valence-electron chi connectivity index (χ1n) is 9.93. The van der Waals surface area contributed by atoms with Crippen LogP contribution < -0.4 is 5.32 Å². The summed E-state index contributed by atoms with van der Waals surface area (Å²) in [6.45, 7) is 4.31. The van der Waals surface area contributed by atoms with Gasteiger partial charge in [-0.1, -0.05) is 30.7 Å². The lowest BCUT2D eigenvalue weighted by Gasteiger charge is -2.41. The SMILES string of the molecule is CCOC(=O)[C@@H](CC)N[C@H](c1ccc(Cl)cc1)C1C[C@H]2CC[C@@H](C1)N2C. The average molecular weight is 379 g/mol. The Morgan fingerprint density at radius 2 is 1.85 bits per heavy atom. The lowest BCUT2D eigenvalue weighted by molar-refractivity contribution is -0.146. The van der Waals surface area contributed by atoms with Crippen LogP contribution in [0.3, 0.4) is 0 Å². The Labute approximate surface area is 162 Å². The van der Waals surface area contributed by atoms with E-state index in [1.807, 2.05) is 26.0 Å². The minimum absolute atomic E-state index is 0.148. The van der Waals surface area contributed by atoms with Gasteiger partial charge in [-0.15, -0.1) is 0 Å². The number of fused-ring (bicyclic) bond motifs is 2. The van der Waals surface area contributed by atoms with Crippen LogP contribution in [-0.4, -0.2) is 42.6 Å². The second kappa shape index (κ2) is 8.73. The summed E-state index contributed by atoms with van der Waals surface area (Å²) in [5.74, 6) is 0.373. The summed E-state index contributed by atoms with van der Waals surface area (Å²) in [7, 11) is 2.26. The molecule has 0 aromatic heterocycles. The van der Waals surface area contributed by atoms with Crippen molar-refractivity contribution in [2.45, 2.75) is 70.1 Å². The average Bonchev–Trinajstić information content (AvgIpc) is 2.84. The minimum Gasteiger partial charge on any atom is -0.465 e. The van der Waals surface area contributed by atoms with Crippen LogP contribution in [0.25, 0.3) is 0 Å². The monoisotopic (exact) mass is 378 g/mol. The van der Waals surface area contributed by atoms with Gasteiger partial charge in [-0.25, -0.2) is 0 Å². The number of nitrogens with one attached hydrogen (secondary N) is 1. The fourth-order valence-corrected chi connectivity index (χ4v) is 4.84. The summed E-state index contributed by atoms with van der Waals surface area (Å²) in [6, 6.07) is 9.29. The molecule has 0 radical (unpaired) electrons. The van der Waals surface area contributed by atoms with Crippen LogP contribution >= 0.6 is 11.6 Å². The first kappa shape index (κ1) is 19.7. The van der Waals surface area contributed by atoms with Crippen molar-refractivity contribution in [2.24, 2.45) is 5.92 Å². The molecule has 1 aromatic carbocycles. The summed E-state index contributed by atoms with van der Waals surface area (Å²) in [5, 5.41) is 4.39. The van der Waals surface area contributed by atoms with Crippen molar-refractivity contribution in [1.82, 2.24) is 10.2 Å². The third kappa shape index (κ3) is 4.24. The largest absolute Gasteiger partial charge is 0.465 e. The van der Waals surface area contributed by atoms with Gasteiger partial charge in [-0.3, -0.25) is 10.1 Å². The van der Waals surface area contributed by atoms with Gasteiger partial charge in [0.15, 0.2) is 0 Å². The number of carbonyl (C=O) groups is 1. The number of benzene rings is 1. The van der Waals surface area contributed by atoms with Crippen LogP contribution in [0.5, 0.6) is 0 Å². The molecule has 26 heavy (non-hydrogen) atoms. The maximum Gasteiger partial charge on any atom is 0.323 e. The molecule has 0 spiro atoms. The zero-order chi connectivity index (χ0) is 18.7. The second-order valence-corrected chi connectivity index (χ2v) is 8.13. The molecule has 144 valence electrons. The fraction of sp³-hybridized carbons (Fsp3) is 0.667. The number of carbonyl (C=O) groups excluding carboxylic acids is 1. The fourth-order valence-electron chi connectivity index (χ4n) is 4.71. The van der Waals surface area contributed by atoms with Gasteiger partial charge in [0.2, 0.25) is 0 Å². The Morgan fingerprint density at radius 1 is 1.23 bits per heavy atom. The Hall–Kier alpha value is -1.10. The van der Waals surface area contributed by atoms with Gasteiger partial charge in [-0.05, 0) is 69.7 Å². The molecule has 4 nitrogen and oxygen atoms in total. The predicted octanol–water partition coefficient (Wildman–Crippen LogP) is 4.19. The normalized spacial score (nSPS) is 27.9. The van der Waals surface area contributed by atoms with Gasteiger partial charge >= 0.3 is 5.97 Å². The minimum atomic E-state index is -0.270. The molecule has 0 saturated carbocycles. The second-order valence-electron chi connectivity index (χ2n) is 7.69. The molecule has 2 saturated heterocycles. The van der Waals surface area contributed by atoms with Crippen molar-refractivity contribution in [2.75, 3.05) is 13.7 Å². The Balaban J connectivity index is 1.82. The summed E-state index contributed by atoms with van der Waals surface area (Å²) in [5.41, 5.74) is 1.21. The molecule has 1 unspecified atom stereocenters. The lowest BCUT2D eigenvalue weighted by atomic mass is 9.81. The molecular formula is C21H31ClN2O2. The first-order valence-corrected chi connectivity index (χ1v) is 10.3. The number of esters is 1. The van der Waals surface area contributed by atoms with Crippen LogP contribution in [-0.2, 0) is 9.53 Å². The highest BCUT2D eigenvalue weighted by Crippen LogP contribution is 2.42. The summed E-state index contributed by atoms with van der Waals surface area (Å²) >= 11 is 6.10. The van der Waals surface area contributed by atoms with E-state index in [0.717, 1.165) is 11.4 Å². The molecule has 5 heteroatoms. The number of halogens is 1. The van der Waals surface area contributed by atoms with E-state index >= 15 is 0 Å². The van der Waals surface area contributed by atoms with Crippen LogP contribution in [0, 0.1) is 5.92 Å². The van der Waals surface area contributed by atoms with Crippen LogP contribution in [0.1, 0.15) is 57.6 Å². The first-order chi connectivity index (χ1) is 12.5. The number of ether oxygens (including phenoxy) is 1. The molecule has 2 aliphatic rings. The van der Waals surface area contributed by atoms with Crippen LogP contribution in [0.15, 0.2) is 24.3 Å². The maximum absolute atomic E-state index is 12.4. The van der Waals surface area contributed by atoms with Crippen LogP contribution in [0.4, 0.5) is 0 Å². The molecule has 0 aliphatic carbocycles. The van der Waals surface area contributed by atoms with Gasteiger partial charge in [-0.2, -0.15) is 0 Å². The van der Waals surface area contributed by atoms with Crippen molar-refractivity contribution in [3.8, 4) is 0 Å². The highest BCUT2D eigenvalue weighted by Gasteiger charge is 2.42. The molecule has 2 bridgehead atoms. The highest BCUT2D eigenvalue weighted by atomic mass is 35.5. The number of piperidine rings is 1. The Morgan fingerprint density at radius 3 is 2.38 bits per heavy atom. The zero-order valence-electron chi connectivity index (χ0n) is 16.1. The number of nitrogens with zero attached hydrogens (tertiary/aromatic N) is 1. The van der Waals surface area contributed by atoms with Crippen molar-refractivity contribution in [3.05, 3.63) is 34.9 Å². The van der Waals surface area contributed by atoms with Gasteiger partial charge in [0.1, 0.15) is 6.04 Å². The molecule has 5 atom stereocenters. The number of hydrogen-bond acceptors (Lipinski definition) is 4. The van der Waals surface area contributed by atoms with Crippen LogP contribution in [0.2, 0.25) is 5.02 Å². The number of hydrogen-bond donors (Lipinski definition) is 1. The lowest BCUT2D eigenvalue weighted by Crippen LogP contribution is -2.47. The highest BCUT2D eigenvalue weighted by molar-refractivity contribution is 6.30. The smallest absolute Gasteiger partial charge is 0.323 e. The summed E-state index contributed by atoms with van der Waals surface area (Å²) in [6.07, 6.45) is 5.65. The van der Waals surface area contributed by atoms with Crippen molar-refractivity contribution in [3.63, 3.8) is 0 Å². The third-order valence-corrected chi connectivity index (χ3v) is 6.45. The topological polar surface area (TPSA) is 41.6 Å². The van der Waals surface area contributed by atoms with E-state index in [2.05, 4.69) is 29.4 Å². The van der Waals surface area contributed by atoms with Gasteiger partial charge in [0.05, 0.1) is 6.61 Å². The Kier molecular flexibility index (Phi) is 6.60. The quantitative estimate of drug-likeness (QED) is 0.722. The summed E-state index contributed by atoms with van der Waals surface area (Å²) < 4.78 is 5.28. The molecular weight excluding hydrogens is 348 g/mol. The van der Waals surface area contributed by atoms with Crippen molar-refractivity contribution in [1.29, 1.82) is 0 Å². The van der Waals surface area contributed by atoms with E-state index in [4.69, 9.17) is 16.3 Å². The van der Waals surface area contributed by atoms with E-state index in [0.29, 0.717) is 24.6 Å².